The van der Waals surface area contributed by atoms with E-state index in [1.807, 2.05) is 0 Å². The number of benzene rings is 2. The van der Waals surface area contributed by atoms with Crippen LogP contribution >= 0.6 is 11.5 Å². The number of carbonyl (C=O) groups is 1. The fourth-order valence-corrected chi connectivity index (χ4v) is 2.86. The summed E-state index contributed by atoms with van der Waals surface area (Å²) in [5, 5.41) is 4.37. The van der Waals surface area contributed by atoms with Crippen molar-refractivity contribution in [1.82, 2.24) is 9.69 Å². The molecule has 0 radical (unpaired) electrons. The van der Waals surface area contributed by atoms with Crippen LogP contribution in [0.15, 0.2) is 47.8 Å². The molecule has 0 aliphatic rings. The molecule has 0 saturated carbocycles. The maximum Gasteiger partial charge on any atom is 0.254 e. The van der Waals surface area contributed by atoms with Crippen molar-refractivity contribution in [3.63, 3.8) is 0 Å². The number of amides is 1. The maximum atomic E-state index is 14.2. The van der Waals surface area contributed by atoms with Crippen molar-refractivity contribution in [2.45, 2.75) is 13.5 Å². The number of rotatable bonds is 5. The van der Waals surface area contributed by atoms with Crippen LogP contribution in [-0.4, -0.2) is 10.3 Å². The fourth-order valence-electron chi connectivity index (χ4n) is 2.17. The maximum absolute atomic E-state index is 14.2. The average molecular weight is 360 g/mol. The van der Waals surface area contributed by atoms with Gasteiger partial charge in [0.1, 0.15) is 0 Å². The topological polar surface area (TPSA) is 51.2 Å². The molecule has 7 heteroatoms. The standard InChI is InChI=1S/C18H14F2N2O2S/c1-11-13(10-25-22-11)18(23)21-9-12-6-7-17(15(20)8-12)24-16-5-3-2-4-14(16)19/h2-8,10H,9H2,1H3,(H,21,23). The molecule has 0 spiro atoms. The van der Waals surface area contributed by atoms with Gasteiger partial charge in [0.15, 0.2) is 23.1 Å². The zero-order valence-corrected chi connectivity index (χ0v) is 14.1. The van der Waals surface area contributed by atoms with Gasteiger partial charge < -0.3 is 10.1 Å². The second-order valence-corrected chi connectivity index (χ2v) is 5.92. The summed E-state index contributed by atoms with van der Waals surface area (Å²) in [7, 11) is 0. The van der Waals surface area contributed by atoms with Crippen molar-refractivity contribution in [2.24, 2.45) is 0 Å². The van der Waals surface area contributed by atoms with E-state index in [2.05, 4.69) is 9.69 Å². The number of hydrogen-bond acceptors (Lipinski definition) is 4. The molecule has 1 aromatic heterocycles. The second-order valence-electron chi connectivity index (χ2n) is 5.29. The van der Waals surface area contributed by atoms with E-state index in [1.165, 1.54) is 41.9 Å². The summed E-state index contributed by atoms with van der Waals surface area (Å²) < 4.78 is 37.0. The summed E-state index contributed by atoms with van der Waals surface area (Å²) in [4.78, 5) is 12.0. The number of nitrogens with one attached hydrogen (secondary N) is 1. The number of aryl methyl sites for hydroxylation is 1. The molecule has 4 nitrogen and oxygen atoms in total. The Morgan fingerprint density at radius 3 is 2.60 bits per heavy atom. The molecule has 3 aromatic rings. The normalized spacial score (nSPS) is 10.5. The van der Waals surface area contributed by atoms with E-state index in [0.29, 0.717) is 16.8 Å². The Kier molecular flexibility index (Phi) is 5.04. The molecule has 0 bridgehead atoms. The van der Waals surface area contributed by atoms with E-state index in [4.69, 9.17) is 4.74 Å². The van der Waals surface area contributed by atoms with E-state index in [1.54, 1.807) is 24.4 Å². The number of para-hydroxylation sites is 1. The zero-order chi connectivity index (χ0) is 17.8. The van der Waals surface area contributed by atoms with Gasteiger partial charge in [-0.25, -0.2) is 8.78 Å². The molecule has 1 N–H and O–H groups in total. The Morgan fingerprint density at radius 1 is 1.16 bits per heavy atom. The van der Waals surface area contributed by atoms with Gasteiger partial charge >= 0.3 is 0 Å². The summed E-state index contributed by atoms with van der Waals surface area (Å²) >= 11 is 1.20. The first-order valence-electron chi connectivity index (χ1n) is 7.44. The van der Waals surface area contributed by atoms with E-state index in [-0.39, 0.29) is 24.0 Å². The first-order chi connectivity index (χ1) is 12.0. The van der Waals surface area contributed by atoms with Crippen LogP contribution in [0.2, 0.25) is 0 Å². The third kappa shape index (κ3) is 4.00. The van der Waals surface area contributed by atoms with E-state index >= 15 is 0 Å². The Hall–Kier alpha value is -2.80. The number of nitrogens with zero attached hydrogens (tertiary/aromatic N) is 1. The molecule has 128 valence electrons. The molecule has 1 amide bonds. The predicted molar refractivity (Wildman–Crippen MR) is 90.9 cm³/mol. The minimum atomic E-state index is -0.636. The largest absolute Gasteiger partial charge is 0.451 e. The molecule has 0 aliphatic carbocycles. The molecule has 0 aliphatic heterocycles. The summed E-state index contributed by atoms with van der Waals surface area (Å²) in [6.07, 6.45) is 0. The lowest BCUT2D eigenvalue weighted by Crippen LogP contribution is -2.23. The van der Waals surface area contributed by atoms with Gasteiger partial charge in [0.25, 0.3) is 5.91 Å². The lowest BCUT2D eigenvalue weighted by molar-refractivity contribution is 0.0950. The summed E-state index contributed by atoms with van der Waals surface area (Å²) in [5.41, 5.74) is 1.72. The first kappa shape index (κ1) is 17.0. The molecule has 0 atom stereocenters. The fraction of sp³-hybridized carbons (Fsp3) is 0.111. The lowest BCUT2D eigenvalue weighted by Gasteiger charge is -2.09. The minimum Gasteiger partial charge on any atom is -0.451 e. The van der Waals surface area contributed by atoms with Gasteiger partial charge in [-0.05, 0) is 48.3 Å². The van der Waals surface area contributed by atoms with Crippen LogP contribution in [0.3, 0.4) is 0 Å². The highest BCUT2D eigenvalue weighted by molar-refractivity contribution is 7.03. The summed E-state index contributed by atoms with van der Waals surface area (Å²) in [5.74, 6) is -1.61. The van der Waals surface area contributed by atoms with Crippen LogP contribution in [0.25, 0.3) is 0 Å². The molecular formula is C18H14F2N2O2S. The van der Waals surface area contributed by atoms with Gasteiger partial charge in [0.2, 0.25) is 0 Å². The monoisotopic (exact) mass is 360 g/mol. The van der Waals surface area contributed by atoms with Gasteiger partial charge in [0, 0.05) is 11.9 Å². The van der Waals surface area contributed by atoms with Crippen molar-refractivity contribution in [3.8, 4) is 11.5 Å². The van der Waals surface area contributed by atoms with Crippen LogP contribution in [0, 0.1) is 18.6 Å². The molecular weight excluding hydrogens is 346 g/mol. The third-order valence-corrected chi connectivity index (χ3v) is 4.22. The Bertz CT molecular complexity index is 912. The number of halogens is 2. The van der Waals surface area contributed by atoms with Crippen LogP contribution in [0.1, 0.15) is 21.6 Å². The van der Waals surface area contributed by atoms with Crippen molar-refractivity contribution >= 4 is 17.4 Å². The Labute approximate surface area is 147 Å². The smallest absolute Gasteiger partial charge is 0.254 e. The van der Waals surface area contributed by atoms with Crippen LogP contribution in [0.4, 0.5) is 8.78 Å². The Balaban J connectivity index is 1.67. The van der Waals surface area contributed by atoms with Gasteiger partial charge in [0.05, 0.1) is 11.3 Å². The molecule has 25 heavy (non-hydrogen) atoms. The minimum absolute atomic E-state index is 0.0529. The van der Waals surface area contributed by atoms with Gasteiger partial charge in [-0.3, -0.25) is 4.79 Å². The number of carbonyl (C=O) groups excluding carboxylic acids is 1. The van der Waals surface area contributed by atoms with Crippen LogP contribution < -0.4 is 10.1 Å². The summed E-state index contributed by atoms with van der Waals surface area (Å²) in [6.45, 7) is 1.91. The van der Waals surface area contributed by atoms with Crippen molar-refractivity contribution in [3.05, 3.63) is 76.3 Å². The lowest BCUT2D eigenvalue weighted by atomic mass is 10.2. The van der Waals surface area contributed by atoms with Crippen molar-refractivity contribution in [1.29, 1.82) is 0 Å². The quantitative estimate of drug-likeness (QED) is 0.731. The highest BCUT2D eigenvalue weighted by Gasteiger charge is 2.12. The summed E-state index contributed by atoms with van der Waals surface area (Å²) in [6, 6.07) is 10.0. The number of aromatic nitrogens is 1. The second kappa shape index (κ2) is 7.40. The van der Waals surface area contributed by atoms with E-state index in [9.17, 15) is 13.6 Å². The molecule has 1 heterocycles. The third-order valence-electron chi connectivity index (χ3n) is 3.50. The van der Waals surface area contributed by atoms with E-state index < -0.39 is 11.6 Å². The van der Waals surface area contributed by atoms with E-state index in [0.717, 1.165) is 0 Å². The zero-order valence-electron chi connectivity index (χ0n) is 13.3. The first-order valence-corrected chi connectivity index (χ1v) is 8.28. The highest BCUT2D eigenvalue weighted by atomic mass is 32.1. The van der Waals surface area contributed by atoms with Crippen LogP contribution in [-0.2, 0) is 6.54 Å². The van der Waals surface area contributed by atoms with Crippen molar-refractivity contribution < 1.29 is 18.3 Å². The average Bonchev–Trinajstić information content (AvgIpc) is 3.03. The van der Waals surface area contributed by atoms with Gasteiger partial charge in [-0.15, -0.1) is 0 Å². The molecule has 0 unspecified atom stereocenters. The molecule has 2 aromatic carbocycles. The van der Waals surface area contributed by atoms with Gasteiger partial charge in [-0.1, -0.05) is 18.2 Å². The number of hydrogen-bond donors (Lipinski definition) is 1. The van der Waals surface area contributed by atoms with Crippen molar-refractivity contribution in [2.75, 3.05) is 0 Å². The highest BCUT2D eigenvalue weighted by Crippen LogP contribution is 2.27. The van der Waals surface area contributed by atoms with Crippen LogP contribution in [0.5, 0.6) is 11.5 Å². The SMILES string of the molecule is Cc1nscc1C(=O)NCc1ccc(Oc2ccccc2F)c(F)c1. The predicted octanol–water partition coefficient (Wildman–Crippen LogP) is 4.45. The number of ether oxygens (including phenoxy) is 1. The molecule has 3 rings (SSSR count). The molecule has 0 saturated heterocycles. The molecule has 0 fully saturated rings. The Morgan fingerprint density at radius 2 is 1.92 bits per heavy atom. The van der Waals surface area contributed by atoms with Gasteiger partial charge in [-0.2, -0.15) is 4.37 Å².